The summed E-state index contributed by atoms with van der Waals surface area (Å²) in [6, 6.07) is 23.5. The first-order valence-corrected chi connectivity index (χ1v) is 15.7. The van der Waals surface area contributed by atoms with Gasteiger partial charge in [-0.25, -0.2) is 16.8 Å². The van der Waals surface area contributed by atoms with Crippen molar-refractivity contribution in [2.75, 3.05) is 35.1 Å². The first kappa shape index (κ1) is 30.4. The molecule has 2 N–H and O–H groups in total. The van der Waals surface area contributed by atoms with Crippen molar-refractivity contribution >= 4 is 43.0 Å². The number of sulfonamides is 2. The topological polar surface area (TPSA) is 131 Å². The van der Waals surface area contributed by atoms with Crippen LogP contribution in [0.5, 0.6) is 11.5 Å². The van der Waals surface area contributed by atoms with E-state index < -0.39 is 32.5 Å². The van der Waals surface area contributed by atoms with E-state index in [1.54, 1.807) is 55.5 Å². The molecule has 0 fully saturated rings. The molecule has 0 radical (unpaired) electrons. The van der Waals surface area contributed by atoms with Gasteiger partial charge in [-0.05, 0) is 74.0 Å². The molecule has 0 aliphatic carbocycles. The third kappa shape index (κ3) is 6.84. The van der Waals surface area contributed by atoms with E-state index >= 15 is 0 Å². The number of anilines is 3. The van der Waals surface area contributed by atoms with Gasteiger partial charge in [0.2, 0.25) is 5.91 Å². The SMILES string of the molecule is COc1ccc(OC)c(NS(=O)(=O)c2ccc(NC(=O)CN(c3ccccc3C)S(=O)(=O)c3ccc(C)cc3)cc2)c1. The number of carbonyl (C=O) groups excluding carboxylic acids is 1. The number of para-hydroxylation sites is 1. The van der Waals surface area contributed by atoms with Crippen LogP contribution >= 0.6 is 0 Å². The lowest BCUT2D eigenvalue weighted by Crippen LogP contribution is -2.38. The molecule has 0 spiro atoms. The van der Waals surface area contributed by atoms with Crippen LogP contribution in [-0.2, 0) is 24.8 Å². The van der Waals surface area contributed by atoms with Crippen molar-refractivity contribution in [2.45, 2.75) is 23.6 Å². The standard InChI is InChI=1S/C30H31N3O7S2/c1-21-9-14-26(15-10-21)42(37,38)33(28-8-6-5-7-22(28)2)20-30(34)31-23-11-16-25(17-12-23)41(35,36)32-27-19-24(39-3)13-18-29(27)40-4/h5-19,32H,20H2,1-4H3,(H,31,34). The van der Waals surface area contributed by atoms with Crippen molar-refractivity contribution < 1.29 is 31.1 Å². The average Bonchev–Trinajstić information content (AvgIpc) is 2.96. The molecule has 0 unspecified atom stereocenters. The summed E-state index contributed by atoms with van der Waals surface area (Å²) in [5, 5.41) is 2.66. The molecular formula is C30H31N3O7S2. The Labute approximate surface area is 246 Å². The predicted octanol–water partition coefficient (Wildman–Crippen LogP) is 4.96. The maximum absolute atomic E-state index is 13.6. The Morgan fingerprint density at radius 2 is 1.43 bits per heavy atom. The highest BCUT2D eigenvalue weighted by Gasteiger charge is 2.28. The van der Waals surface area contributed by atoms with Crippen LogP contribution < -0.4 is 23.8 Å². The minimum absolute atomic E-state index is 0.0545. The summed E-state index contributed by atoms with van der Waals surface area (Å²) in [7, 11) is -5.21. The van der Waals surface area contributed by atoms with Crippen LogP contribution in [0.15, 0.2) is 101 Å². The third-order valence-electron chi connectivity index (χ3n) is 6.38. The second kappa shape index (κ2) is 12.5. The number of methoxy groups -OCH3 is 2. The largest absolute Gasteiger partial charge is 0.497 e. The van der Waals surface area contributed by atoms with Crippen molar-refractivity contribution in [1.29, 1.82) is 0 Å². The monoisotopic (exact) mass is 609 g/mol. The number of aryl methyl sites for hydroxylation is 2. The summed E-state index contributed by atoms with van der Waals surface area (Å²) >= 11 is 0. The minimum atomic E-state index is -4.08. The number of hydrogen-bond acceptors (Lipinski definition) is 7. The lowest BCUT2D eigenvalue weighted by atomic mass is 10.2. The number of rotatable bonds is 11. The molecule has 0 saturated carbocycles. The highest BCUT2D eigenvalue weighted by atomic mass is 32.2. The fourth-order valence-corrected chi connectivity index (χ4v) is 6.67. The molecule has 12 heteroatoms. The van der Waals surface area contributed by atoms with E-state index in [0.717, 1.165) is 9.87 Å². The lowest BCUT2D eigenvalue weighted by molar-refractivity contribution is -0.114. The van der Waals surface area contributed by atoms with Crippen molar-refractivity contribution in [1.82, 2.24) is 0 Å². The summed E-state index contributed by atoms with van der Waals surface area (Å²) in [5.41, 5.74) is 2.43. The summed E-state index contributed by atoms with van der Waals surface area (Å²) in [6.45, 7) is 3.11. The van der Waals surface area contributed by atoms with E-state index in [4.69, 9.17) is 9.47 Å². The number of benzene rings is 4. The van der Waals surface area contributed by atoms with Gasteiger partial charge in [-0.2, -0.15) is 0 Å². The van der Waals surface area contributed by atoms with E-state index in [1.165, 1.54) is 56.7 Å². The first-order chi connectivity index (χ1) is 19.9. The smallest absolute Gasteiger partial charge is 0.264 e. The summed E-state index contributed by atoms with van der Waals surface area (Å²) in [6.07, 6.45) is 0. The molecular weight excluding hydrogens is 578 g/mol. The Morgan fingerprint density at radius 1 is 0.786 bits per heavy atom. The summed E-state index contributed by atoms with van der Waals surface area (Å²) < 4.78 is 67.3. The number of ether oxygens (including phenoxy) is 2. The maximum Gasteiger partial charge on any atom is 0.264 e. The molecule has 4 aromatic rings. The molecule has 0 bridgehead atoms. The zero-order chi connectivity index (χ0) is 30.5. The molecule has 0 heterocycles. The number of carbonyl (C=O) groups is 1. The highest BCUT2D eigenvalue weighted by Crippen LogP contribution is 2.31. The second-order valence-electron chi connectivity index (χ2n) is 9.36. The van der Waals surface area contributed by atoms with Gasteiger partial charge in [-0.15, -0.1) is 0 Å². The van der Waals surface area contributed by atoms with Crippen LogP contribution in [0.25, 0.3) is 0 Å². The predicted molar refractivity (Wildman–Crippen MR) is 162 cm³/mol. The Balaban J connectivity index is 1.54. The van der Waals surface area contributed by atoms with Crippen LogP contribution in [0, 0.1) is 13.8 Å². The number of hydrogen-bond donors (Lipinski definition) is 2. The minimum Gasteiger partial charge on any atom is -0.497 e. The number of amides is 1. The van der Waals surface area contributed by atoms with Crippen LogP contribution in [0.4, 0.5) is 17.1 Å². The molecule has 220 valence electrons. The zero-order valence-corrected chi connectivity index (χ0v) is 25.1. The first-order valence-electron chi connectivity index (χ1n) is 12.7. The van der Waals surface area contributed by atoms with Crippen molar-refractivity contribution in [3.05, 3.63) is 102 Å². The quantitative estimate of drug-likeness (QED) is 0.246. The molecule has 0 aliphatic heterocycles. The summed E-state index contributed by atoms with van der Waals surface area (Å²) in [4.78, 5) is 13.1. The van der Waals surface area contributed by atoms with E-state index in [0.29, 0.717) is 22.7 Å². The van der Waals surface area contributed by atoms with Crippen LogP contribution in [0.3, 0.4) is 0 Å². The fraction of sp³-hybridized carbons (Fsp3) is 0.167. The van der Waals surface area contributed by atoms with Gasteiger partial charge in [0.1, 0.15) is 18.0 Å². The van der Waals surface area contributed by atoms with Gasteiger partial charge in [-0.1, -0.05) is 35.9 Å². The van der Waals surface area contributed by atoms with Gasteiger partial charge in [0.05, 0.1) is 35.4 Å². The maximum atomic E-state index is 13.6. The Bertz CT molecular complexity index is 1790. The molecule has 42 heavy (non-hydrogen) atoms. The van der Waals surface area contributed by atoms with Gasteiger partial charge in [0.15, 0.2) is 0 Å². The average molecular weight is 610 g/mol. The van der Waals surface area contributed by atoms with E-state index in [-0.39, 0.29) is 21.2 Å². The van der Waals surface area contributed by atoms with Crippen LogP contribution in [0.2, 0.25) is 0 Å². The van der Waals surface area contributed by atoms with E-state index in [1.807, 2.05) is 6.92 Å². The van der Waals surface area contributed by atoms with Gasteiger partial charge < -0.3 is 14.8 Å². The number of nitrogens with one attached hydrogen (secondary N) is 2. The fourth-order valence-electron chi connectivity index (χ4n) is 4.13. The Kier molecular flexibility index (Phi) is 9.08. The van der Waals surface area contributed by atoms with Crippen molar-refractivity contribution in [2.24, 2.45) is 0 Å². The summed E-state index contributed by atoms with van der Waals surface area (Å²) in [5.74, 6) is 0.140. The van der Waals surface area contributed by atoms with E-state index in [9.17, 15) is 21.6 Å². The third-order valence-corrected chi connectivity index (χ3v) is 9.54. The van der Waals surface area contributed by atoms with Crippen LogP contribution in [-0.4, -0.2) is 43.5 Å². The highest BCUT2D eigenvalue weighted by molar-refractivity contribution is 7.93. The van der Waals surface area contributed by atoms with Crippen molar-refractivity contribution in [3.63, 3.8) is 0 Å². The molecule has 0 aliphatic rings. The molecule has 10 nitrogen and oxygen atoms in total. The Hall–Kier alpha value is -4.55. The molecule has 4 rings (SSSR count). The van der Waals surface area contributed by atoms with Gasteiger partial charge in [0.25, 0.3) is 20.0 Å². The van der Waals surface area contributed by atoms with E-state index in [2.05, 4.69) is 10.0 Å². The molecule has 0 saturated heterocycles. The van der Waals surface area contributed by atoms with Crippen LogP contribution in [0.1, 0.15) is 11.1 Å². The molecule has 1 amide bonds. The lowest BCUT2D eigenvalue weighted by Gasteiger charge is -2.25. The number of nitrogens with zero attached hydrogens (tertiary/aromatic N) is 1. The molecule has 0 aromatic heterocycles. The molecule has 0 atom stereocenters. The van der Waals surface area contributed by atoms with Crippen molar-refractivity contribution in [3.8, 4) is 11.5 Å². The molecule has 4 aromatic carbocycles. The Morgan fingerprint density at radius 3 is 2.05 bits per heavy atom. The normalized spacial score (nSPS) is 11.4. The van der Waals surface area contributed by atoms with Gasteiger partial charge in [0, 0.05) is 11.8 Å². The van der Waals surface area contributed by atoms with Gasteiger partial charge in [-0.3, -0.25) is 13.8 Å². The second-order valence-corrected chi connectivity index (χ2v) is 12.9. The van der Waals surface area contributed by atoms with Gasteiger partial charge >= 0.3 is 0 Å². The zero-order valence-electron chi connectivity index (χ0n) is 23.5.